The first kappa shape index (κ1) is 12.2. The Bertz CT molecular complexity index is 347. The zero-order valence-electron chi connectivity index (χ0n) is 9.78. The lowest BCUT2D eigenvalue weighted by molar-refractivity contribution is 0.680. The van der Waals surface area contributed by atoms with Gasteiger partial charge >= 0.3 is 0 Å². The number of hydrogen-bond donors (Lipinski definition) is 1. The second-order valence-electron chi connectivity index (χ2n) is 4.23. The van der Waals surface area contributed by atoms with Crippen molar-refractivity contribution in [2.75, 3.05) is 4.72 Å². The Morgan fingerprint density at radius 3 is 2.40 bits per heavy atom. The lowest BCUT2D eigenvalue weighted by atomic mass is 10.0. The zero-order valence-corrected chi connectivity index (χ0v) is 10.6. The van der Waals surface area contributed by atoms with Crippen LogP contribution in [0, 0.1) is 0 Å². The molecule has 84 valence electrons. The zero-order chi connectivity index (χ0) is 11.4. The molecule has 0 aliphatic carbocycles. The number of anilines is 1. The van der Waals surface area contributed by atoms with Crippen LogP contribution in [0.5, 0.6) is 0 Å². The summed E-state index contributed by atoms with van der Waals surface area (Å²) in [6.45, 7) is 8.18. The summed E-state index contributed by atoms with van der Waals surface area (Å²) in [5.41, 5.74) is 2.20. The molecule has 0 heterocycles. The highest BCUT2D eigenvalue weighted by atomic mass is 32.2. The molecule has 2 nitrogen and oxygen atoms in total. The van der Waals surface area contributed by atoms with Crippen LogP contribution in [0.1, 0.15) is 39.2 Å². The minimum atomic E-state index is -0.994. The van der Waals surface area contributed by atoms with Gasteiger partial charge in [0, 0.05) is 10.9 Å². The minimum Gasteiger partial charge on any atom is -0.305 e. The molecule has 1 unspecified atom stereocenters. The lowest BCUT2D eigenvalue weighted by Gasteiger charge is -2.11. The molecule has 0 aliphatic heterocycles. The van der Waals surface area contributed by atoms with E-state index in [4.69, 9.17) is 0 Å². The Kier molecular flexibility index (Phi) is 4.33. The van der Waals surface area contributed by atoms with Crippen LogP contribution in [0.15, 0.2) is 24.3 Å². The van der Waals surface area contributed by atoms with Gasteiger partial charge in [0.1, 0.15) is 11.0 Å². The van der Waals surface area contributed by atoms with Gasteiger partial charge in [-0.05, 0) is 37.5 Å². The van der Waals surface area contributed by atoms with Gasteiger partial charge in [-0.3, -0.25) is 0 Å². The van der Waals surface area contributed by atoms with Gasteiger partial charge in [0.15, 0.2) is 0 Å². The topological polar surface area (TPSA) is 29.1 Å². The quantitative estimate of drug-likeness (QED) is 0.837. The molecule has 0 spiro atoms. The molecule has 1 aromatic rings. The Morgan fingerprint density at radius 2 is 1.87 bits per heavy atom. The van der Waals surface area contributed by atoms with Crippen molar-refractivity contribution in [3.8, 4) is 0 Å². The lowest BCUT2D eigenvalue weighted by Crippen LogP contribution is -2.14. The molecule has 1 atom stereocenters. The van der Waals surface area contributed by atoms with E-state index >= 15 is 0 Å². The van der Waals surface area contributed by atoms with E-state index in [1.165, 1.54) is 5.56 Å². The summed E-state index contributed by atoms with van der Waals surface area (Å²) in [5.74, 6) is 0.499. The summed E-state index contributed by atoms with van der Waals surface area (Å²) in [6.07, 6.45) is 0. The van der Waals surface area contributed by atoms with Crippen LogP contribution in [0.3, 0.4) is 0 Å². The van der Waals surface area contributed by atoms with E-state index in [0.29, 0.717) is 5.92 Å². The fourth-order valence-electron chi connectivity index (χ4n) is 1.20. The monoisotopic (exact) mass is 225 g/mol. The SMILES string of the molecule is CC(C)c1cccc(NS(=O)C(C)C)c1. The van der Waals surface area contributed by atoms with E-state index in [0.717, 1.165) is 5.69 Å². The molecular formula is C12H19NOS. The summed E-state index contributed by atoms with van der Waals surface area (Å²) in [6, 6.07) is 8.10. The van der Waals surface area contributed by atoms with Crippen LogP contribution in [0.25, 0.3) is 0 Å². The maximum Gasteiger partial charge on any atom is 0.119 e. The summed E-state index contributed by atoms with van der Waals surface area (Å²) >= 11 is 0. The molecule has 0 saturated heterocycles. The predicted molar refractivity (Wildman–Crippen MR) is 67.4 cm³/mol. The molecular weight excluding hydrogens is 206 g/mol. The molecule has 1 N–H and O–H groups in total. The predicted octanol–water partition coefficient (Wildman–Crippen LogP) is 3.29. The van der Waals surface area contributed by atoms with Crippen LogP contribution in [0.2, 0.25) is 0 Å². The number of nitrogens with one attached hydrogen (secondary N) is 1. The highest BCUT2D eigenvalue weighted by Gasteiger charge is 2.06. The Balaban J connectivity index is 2.78. The van der Waals surface area contributed by atoms with E-state index in [1.807, 2.05) is 26.0 Å². The summed E-state index contributed by atoms with van der Waals surface area (Å²) in [5, 5.41) is 0.132. The van der Waals surface area contributed by atoms with E-state index in [1.54, 1.807) is 0 Å². The Labute approximate surface area is 94.7 Å². The second kappa shape index (κ2) is 5.31. The summed E-state index contributed by atoms with van der Waals surface area (Å²) in [7, 11) is -0.994. The van der Waals surface area contributed by atoms with Crippen molar-refractivity contribution >= 4 is 16.7 Å². The average molecular weight is 225 g/mol. The van der Waals surface area contributed by atoms with Crippen molar-refractivity contribution in [2.45, 2.75) is 38.9 Å². The normalized spacial score (nSPS) is 13.2. The molecule has 1 aromatic carbocycles. The molecule has 15 heavy (non-hydrogen) atoms. The molecule has 0 aliphatic rings. The van der Waals surface area contributed by atoms with E-state index in [-0.39, 0.29) is 5.25 Å². The number of benzene rings is 1. The van der Waals surface area contributed by atoms with Crippen LogP contribution in [0.4, 0.5) is 5.69 Å². The average Bonchev–Trinajstić information content (AvgIpc) is 2.18. The van der Waals surface area contributed by atoms with Crippen LogP contribution in [-0.2, 0) is 11.0 Å². The third-order valence-electron chi connectivity index (χ3n) is 2.20. The van der Waals surface area contributed by atoms with Gasteiger partial charge in [-0.25, -0.2) is 4.21 Å². The molecule has 0 radical (unpaired) electrons. The van der Waals surface area contributed by atoms with Gasteiger partial charge in [0.05, 0.1) is 0 Å². The van der Waals surface area contributed by atoms with Crippen molar-refractivity contribution < 1.29 is 4.21 Å². The van der Waals surface area contributed by atoms with Gasteiger partial charge < -0.3 is 4.72 Å². The molecule has 1 rings (SSSR count). The third-order valence-corrected chi connectivity index (χ3v) is 3.49. The van der Waals surface area contributed by atoms with E-state index in [2.05, 4.69) is 30.7 Å². The molecule has 0 bridgehead atoms. The van der Waals surface area contributed by atoms with Gasteiger partial charge in [0.25, 0.3) is 0 Å². The van der Waals surface area contributed by atoms with E-state index < -0.39 is 11.0 Å². The first-order valence-corrected chi connectivity index (χ1v) is 6.49. The molecule has 0 saturated carbocycles. The van der Waals surface area contributed by atoms with Crippen molar-refractivity contribution in [1.82, 2.24) is 0 Å². The minimum absolute atomic E-state index is 0.132. The first-order valence-electron chi connectivity index (χ1n) is 5.28. The summed E-state index contributed by atoms with van der Waals surface area (Å²) < 4.78 is 14.6. The standard InChI is InChI=1S/C12H19NOS/c1-9(2)11-6-5-7-12(8-11)13-15(14)10(3)4/h5-10,13H,1-4H3. The first-order chi connectivity index (χ1) is 7.00. The Morgan fingerprint density at radius 1 is 1.20 bits per heavy atom. The molecule has 0 amide bonds. The van der Waals surface area contributed by atoms with Gasteiger partial charge in [0.2, 0.25) is 0 Å². The molecule has 0 aromatic heterocycles. The molecule has 3 heteroatoms. The largest absolute Gasteiger partial charge is 0.305 e. The van der Waals surface area contributed by atoms with Crippen molar-refractivity contribution in [1.29, 1.82) is 0 Å². The summed E-state index contributed by atoms with van der Waals surface area (Å²) in [4.78, 5) is 0. The maximum atomic E-state index is 11.6. The van der Waals surface area contributed by atoms with E-state index in [9.17, 15) is 4.21 Å². The van der Waals surface area contributed by atoms with Crippen LogP contribution in [-0.4, -0.2) is 9.46 Å². The third kappa shape index (κ3) is 3.67. The fraction of sp³-hybridized carbons (Fsp3) is 0.500. The second-order valence-corrected chi connectivity index (χ2v) is 5.97. The van der Waals surface area contributed by atoms with Crippen LogP contribution < -0.4 is 4.72 Å². The molecule has 0 fully saturated rings. The number of rotatable bonds is 4. The van der Waals surface area contributed by atoms with Gasteiger partial charge in [-0.15, -0.1) is 0 Å². The fourth-order valence-corrected chi connectivity index (χ4v) is 1.79. The smallest absolute Gasteiger partial charge is 0.119 e. The van der Waals surface area contributed by atoms with Crippen molar-refractivity contribution in [3.63, 3.8) is 0 Å². The number of hydrogen-bond acceptors (Lipinski definition) is 1. The van der Waals surface area contributed by atoms with Crippen molar-refractivity contribution in [2.24, 2.45) is 0 Å². The Hall–Kier alpha value is -0.830. The maximum absolute atomic E-state index is 11.6. The van der Waals surface area contributed by atoms with Gasteiger partial charge in [-0.2, -0.15) is 0 Å². The van der Waals surface area contributed by atoms with Gasteiger partial charge in [-0.1, -0.05) is 26.0 Å². The van der Waals surface area contributed by atoms with Crippen LogP contribution >= 0.6 is 0 Å². The highest BCUT2D eigenvalue weighted by Crippen LogP contribution is 2.19. The highest BCUT2D eigenvalue weighted by molar-refractivity contribution is 7.86. The van der Waals surface area contributed by atoms with Crippen molar-refractivity contribution in [3.05, 3.63) is 29.8 Å².